The van der Waals surface area contributed by atoms with E-state index in [4.69, 9.17) is 10.5 Å². The summed E-state index contributed by atoms with van der Waals surface area (Å²) < 4.78 is 20.0. The fourth-order valence-corrected chi connectivity index (χ4v) is 3.43. The molecule has 2 fully saturated rings. The quantitative estimate of drug-likeness (QED) is 0.864. The van der Waals surface area contributed by atoms with Gasteiger partial charge in [0.25, 0.3) is 5.91 Å². The summed E-state index contributed by atoms with van der Waals surface area (Å²) in [6, 6.07) is 4.60. The van der Waals surface area contributed by atoms with Crippen LogP contribution in [0.25, 0.3) is 11.3 Å². The van der Waals surface area contributed by atoms with Crippen LogP contribution in [-0.2, 0) is 4.74 Å². The van der Waals surface area contributed by atoms with Crippen LogP contribution in [0.4, 0.5) is 10.2 Å². The van der Waals surface area contributed by atoms with E-state index in [1.165, 1.54) is 12.1 Å². The predicted molar refractivity (Wildman–Crippen MR) is 99.7 cm³/mol. The summed E-state index contributed by atoms with van der Waals surface area (Å²) in [4.78, 5) is 21.1. The van der Waals surface area contributed by atoms with E-state index in [9.17, 15) is 9.18 Å². The van der Waals surface area contributed by atoms with E-state index in [1.807, 2.05) is 0 Å². The molecule has 0 unspecified atom stereocenters. The summed E-state index contributed by atoms with van der Waals surface area (Å²) in [5, 5.41) is 2.84. The number of nitrogens with two attached hydrogens (primary N) is 1. The second kappa shape index (κ2) is 7.23. The van der Waals surface area contributed by atoms with Gasteiger partial charge in [0.05, 0.1) is 17.5 Å². The lowest BCUT2D eigenvalue weighted by molar-refractivity contribution is 0.0844. The van der Waals surface area contributed by atoms with Gasteiger partial charge in [-0.15, -0.1) is 0 Å². The van der Waals surface area contributed by atoms with Gasteiger partial charge in [-0.2, -0.15) is 0 Å². The first kappa shape index (κ1) is 17.9. The zero-order valence-electron chi connectivity index (χ0n) is 15.2. The molecule has 3 N–H and O–H groups in total. The lowest BCUT2D eigenvalue weighted by Gasteiger charge is -2.21. The lowest BCUT2D eigenvalue weighted by atomic mass is 9.96. The largest absolute Gasteiger partial charge is 0.382 e. The van der Waals surface area contributed by atoms with Crippen LogP contribution in [0.3, 0.4) is 0 Å². The predicted octanol–water partition coefficient (Wildman–Crippen LogP) is 2.90. The molecule has 1 saturated heterocycles. The average Bonchev–Trinajstić information content (AvgIpc) is 3.37. The van der Waals surface area contributed by atoms with Gasteiger partial charge in [0.15, 0.2) is 0 Å². The third-order valence-corrected chi connectivity index (χ3v) is 5.37. The van der Waals surface area contributed by atoms with E-state index in [-0.39, 0.29) is 29.2 Å². The Morgan fingerprint density at radius 1 is 1.33 bits per heavy atom. The van der Waals surface area contributed by atoms with E-state index in [0.29, 0.717) is 30.4 Å². The highest BCUT2D eigenvalue weighted by atomic mass is 19.1. The number of anilines is 1. The molecule has 142 valence electrons. The van der Waals surface area contributed by atoms with E-state index in [2.05, 4.69) is 22.2 Å². The van der Waals surface area contributed by atoms with Gasteiger partial charge >= 0.3 is 0 Å². The Hall–Kier alpha value is -2.54. The van der Waals surface area contributed by atoms with Crippen molar-refractivity contribution in [3.05, 3.63) is 41.5 Å². The van der Waals surface area contributed by atoms with Gasteiger partial charge in [-0.25, -0.2) is 14.4 Å². The molecular formula is C20H23FN4O2. The van der Waals surface area contributed by atoms with Gasteiger partial charge < -0.3 is 15.8 Å². The Kier molecular flexibility index (Phi) is 4.78. The number of aromatic nitrogens is 2. The van der Waals surface area contributed by atoms with Crippen LogP contribution in [0.2, 0.25) is 0 Å². The fourth-order valence-electron chi connectivity index (χ4n) is 3.43. The summed E-state index contributed by atoms with van der Waals surface area (Å²) in [6.07, 6.45) is 4.39. The molecule has 2 atom stereocenters. The van der Waals surface area contributed by atoms with Crippen molar-refractivity contribution in [2.45, 2.75) is 38.1 Å². The second-order valence-electron chi connectivity index (χ2n) is 7.40. The summed E-state index contributed by atoms with van der Waals surface area (Å²) in [5.41, 5.74) is 7.82. The number of nitrogens with zero attached hydrogens (tertiary/aromatic N) is 2. The van der Waals surface area contributed by atoms with E-state index >= 15 is 0 Å². The number of carbonyl (C=O) groups excluding carboxylic acids is 1. The number of ether oxygens (including phenoxy) is 1. The zero-order valence-corrected chi connectivity index (χ0v) is 15.2. The van der Waals surface area contributed by atoms with Crippen molar-refractivity contribution in [1.82, 2.24) is 15.3 Å². The average molecular weight is 370 g/mol. The van der Waals surface area contributed by atoms with Crippen molar-refractivity contribution in [2.24, 2.45) is 5.92 Å². The molecule has 6 nitrogen and oxygen atoms in total. The van der Waals surface area contributed by atoms with E-state index < -0.39 is 5.82 Å². The number of benzene rings is 1. The maximum absolute atomic E-state index is 14.6. The van der Waals surface area contributed by atoms with Gasteiger partial charge in [0.2, 0.25) is 0 Å². The molecule has 1 aliphatic carbocycles. The number of nitrogens with one attached hydrogen (secondary N) is 1. The molecule has 0 spiro atoms. The normalized spacial score (nSPS) is 22.4. The molecule has 4 rings (SSSR count). The number of hydrogen-bond acceptors (Lipinski definition) is 5. The highest BCUT2D eigenvalue weighted by molar-refractivity contribution is 5.95. The molecule has 1 aromatic heterocycles. The third-order valence-electron chi connectivity index (χ3n) is 5.37. The Balaban J connectivity index is 1.59. The first-order valence-electron chi connectivity index (χ1n) is 9.34. The molecule has 0 bridgehead atoms. The van der Waals surface area contributed by atoms with Crippen LogP contribution >= 0.6 is 0 Å². The first-order valence-corrected chi connectivity index (χ1v) is 9.34. The van der Waals surface area contributed by atoms with Crippen LogP contribution < -0.4 is 11.1 Å². The minimum absolute atomic E-state index is 0.0324. The van der Waals surface area contributed by atoms with Crippen LogP contribution in [0.1, 0.15) is 48.2 Å². The summed E-state index contributed by atoms with van der Waals surface area (Å²) >= 11 is 0. The molecular weight excluding hydrogens is 347 g/mol. The zero-order chi connectivity index (χ0) is 19.0. The molecule has 1 aliphatic heterocycles. The molecule has 1 saturated carbocycles. The highest BCUT2D eigenvalue weighted by Crippen LogP contribution is 2.31. The standard InChI is InChI=1S/C20H23FN4O2/c1-11-8-16(11)25-20(26)14-3-2-13(9-15(14)21)18-19(22)23-10-17(24-18)12-4-6-27-7-5-12/h2-3,9-12,16H,4-8H2,1H3,(H2,22,23)(H,25,26)/t11-,16-/m0/s1. The van der Waals surface area contributed by atoms with Crippen molar-refractivity contribution in [3.8, 4) is 11.3 Å². The smallest absolute Gasteiger partial charge is 0.254 e. The number of nitrogen functional groups attached to an aromatic ring is 1. The molecule has 2 heterocycles. The highest BCUT2D eigenvalue weighted by Gasteiger charge is 2.34. The van der Waals surface area contributed by atoms with Gasteiger partial charge in [-0.05, 0) is 37.3 Å². The van der Waals surface area contributed by atoms with Crippen molar-refractivity contribution >= 4 is 11.7 Å². The number of halogens is 1. The van der Waals surface area contributed by atoms with Crippen molar-refractivity contribution in [3.63, 3.8) is 0 Å². The molecule has 1 aromatic carbocycles. The van der Waals surface area contributed by atoms with Crippen LogP contribution in [0, 0.1) is 11.7 Å². The van der Waals surface area contributed by atoms with Crippen LogP contribution in [0.5, 0.6) is 0 Å². The SMILES string of the molecule is C[C@H]1C[C@@H]1NC(=O)c1ccc(-c2nc(C3CCOCC3)cnc2N)cc1F. The topological polar surface area (TPSA) is 90.1 Å². The fraction of sp³-hybridized carbons (Fsp3) is 0.450. The van der Waals surface area contributed by atoms with Crippen molar-refractivity contribution < 1.29 is 13.9 Å². The van der Waals surface area contributed by atoms with E-state index in [0.717, 1.165) is 25.0 Å². The van der Waals surface area contributed by atoms with E-state index in [1.54, 1.807) is 12.3 Å². The minimum atomic E-state index is -0.587. The molecule has 0 radical (unpaired) electrons. The van der Waals surface area contributed by atoms with Gasteiger partial charge in [-0.1, -0.05) is 13.0 Å². The molecule has 1 amide bonds. The van der Waals surface area contributed by atoms with Gasteiger partial charge in [-0.3, -0.25) is 4.79 Å². The Morgan fingerprint density at radius 2 is 2.07 bits per heavy atom. The Labute approximate surface area is 157 Å². The van der Waals surface area contributed by atoms with Gasteiger partial charge in [0, 0.05) is 30.7 Å². The maximum Gasteiger partial charge on any atom is 0.254 e. The van der Waals surface area contributed by atoms with Crippen molar-refractivity contribution in [2.75, 3.05) is 18.9 Å². The number of hydrogen-bond donors (Lipinski definition) is 2. The minimum Gasteiger partial charge on any atom is -0.382 e. The van der Waals surface area contributed by atoms with Gasteiger partial charge in [0.1, 0.15) is 17.3 Å². The van der Waals surface area contributed by atoms with Crippen molar-refractivity contribution in [1.29, 1.82) is 0 Å². The molecule has 2 aromatic rings. The van der Waals surface area contributed by atoms with Crippen LogP contribution in [0.15, 0.2) is 24.4 Å². The first-order chi connectivity index (χ1) is 13.0. The Morgan fingerprint density at radius 3 is 2.74 bits per heavy atom. The number of rotatable bonds is 4. The summed E-state index contributed by atoms with van der Waals surface area (Å²) in [5.74, 6) is -0.00563. The number of amides is 1. The second-order valence-corrected chi connectivity index (χ2v) is 7.40. The maximum atomic E-state index is 14.6. The number of carbonyl (C=O) groups is 1. The third kappa shape index (κ3) is 3.78. The summed E-state index contributed by atoms with van der Waals surface area (Å²) in [6.45, 7) is 3.45. The molecule has 27 heavy (non-hydrogen) atoms. The molecule has 7 heteroatoms. The lowest BCUT2D eigenvalue weighted by Crippen LogP contribution is -2.27. The monoisotopic (exact) mass is 370 g/mol. The molecule has 2 aliphatic rings. The Bertz CT molecular complexity index is 867. The van der Waals surface area contributed by atoms with Crippen LogP contribution in [-0.4, -0.2) is 35.1 Å². The summed E-state index contributed by atoms with van der Waals surface area (Å²) in [7, 11) is 0.